The van der Waals surface area contributed by atoms with Gasteiger partial charge in [0.15, 0.2) is 5.96 Å². The van der Waals surface area contributed by atoms with E-state index in [2.05, 4.69) is 32.8 Å². The van der Waals surface area contributed by atoms with Crippen molar-refractivity contribution >= 4 is 11.9 Å². The van der Waals surface area contributed by atoms with Gasteiger partial charge in [-0.1, -0.05) is 19.1 Å². The zero-order valence-corrected chi connectivity index (χ0v) is 16.3. The van der Waals surface area contributed by atoms with Crippen LogP contribution in [0.15, 0.2) is 29.3 Å². The van der Waals surface area contributed by atoms with Crippen LogP contribution >= 0.6 is 0 Å². The maximum absolute atomic E-state index is 11.6. The summed E-state index contributed by atoms with van der Waals surface area (Å²) in [6.45, 7) is 7.57. The highest BCUT2D eigenvalue weighted by atomic mass is 16.1. The van der Waals surface area contributed by atoms with E-state index in [0.29, 0.717) is 12.1 Å². The minimum absolute atomic E-state index is 0.0647. The van der Waals surface area contributed by atoms with Crippen molar-refractivity contribution in [2.24, 2.45) is 10.9 Å². The molecule has 0 aliphatic carbocycles. The fourth-order valence-electron chi connectivity index (χ4n) is 3.12. The predicted molar refractivity (Wildman–Crippen MR) is 107 cm³/mol. The molecule has 1 aliphatic heterocycles. The zero-order valence-electron chi connectivity index (χ0n) is 16.3. The highest BCUT2D eigenvalue weighted by Gasteiger charge is 2.14. The molecular formula is C20H33N5O. The van der Waals surface area contributed by atoms with Crippen molar-refractivity contribution < 1.29 is 4.79 Å². The van der Waals surface area contributed by atoms with E-state index < -0.39 is 0 Å². The van der Waals surface area contributed by atoms with Gasteiger partial charge in [-0.05, 0) is 62.5 Å². The Morgan fingerprint density at radius 1 is 1.19 bits per heavy atom. The number of carbonyl (C=O) groups excluding carboxylic acids is 1. The van der Waals surface area contributed by atoms with Crippen LogP contribution in [0.4, 0.5) is 0 Å². The van der Waals surface area contributed by atoms with Crippen molar-refractivity contribution in [1.29, 1.82) is 0 Å². The van der Waals surface area contributed by atoms with Crippen LogP contribution < -0.4 is 16.0 Å². The maximum Gasteiger partial charge on any atom is 0.251 e. The third kappa shape index (κ3) is 6.67. The molecule has 1 aromatic carbocycles. The van der Waals surface area contributed by atoms with Crippen molar-refractivity contribution in [1.82, 2.24) is 20.9 Å². The van der Waals surface area contributed by atoms with Crippen LogP contribution in [-0.2, 0) is 6.54 Å². The Hall–Kier alpha value is -2.08. The molecule has 1 amide bonds. The van der Waals surface area contributed by atoms with Gasteiger partial charge in [0.05, 0.1) is 0 Å². The van der Waals surface area contributed by atoms with E-state index in [1.165, 1.54) is 25.9 Å². The Kier molecular flexibility index (Phi) is 8.41. The quantitative estimate of drug-likeness (QED) is 0.395. The van der Waals surface area contributed by atoms with Gasteiger partial charge in [-0.2, -0.15) is 0 Å². The second kappa shape index (κ2) is 10.8. The number of nitrogens with one attached hydrogen (secondary N) is 3. The molecule has 1 heterocycles. The van der Waals surface area contributed by atoms with Gasteiger partial charge in [0.2, 0.25) is 0 Å². The summed E-state index contributed by atoms with van der Waals surface area (Å²) in [5.41, 5.74) is 1.79. The van der Waals surface area contributed by atoms with Crippen molar-refractivity contribution in [3.8, 4) is 0 Å². The number of aliphatic imine (C=N–C) groups is 1. The summed E-state index contributed by atoms with van der Waals surface area (Å²) in [5, 5.41) is 9.32. The number of likely N-dealkylation sites (tertiary alicyclic amines) is 1. The molecule has 26 heavy (non-hydrogen) atoms. The summed E-state index contributed by atoms with van der Waals surface area (Å²) < 4.78 is 0. The van der Waals surface area contributed by atoms with E-state index in [4.69, 9.17) is 0 Å². The molecule has 1 aliphatic rings. The fraction of sp³-hybridized carbons (Fsp3) is 0.600. The lowest BCUT2D eigenvalue weighted by Gasteiger charge is -2.30. The molecule has 0 saturated carbocycles. The maximum atomic E-state index is 11.6. The van der Waals surface area contributed by atoms with E-state index in [0.717, 1.165) is 37.0 Å². The third-order valence-corrected chi connectivity index (χ3v) is 4.95. The minimum Gasteiger partial charge on any atom is -0.356 e. The minimum atomic E-state index is -0.0647. The summed E-state index contributed by atoms with van der Waals surface area (Å²) in [6, 6.07) is 7.60. The normalized spacial score (nSPS) is 16.3. The average molecular weight is 360 g/mol. The summed E-state index contributed by atoms with van der Waals surface area (Å²) in [7, 11) is 3.43. The number of nitrogens with zero attached hydrogens (tertiary/aromatic N) is 2. The number of benzene rings is 1. The van der Waals surface area contributed by atoms with Crippen LogP contribution in [0.1, 0.15) is 42.1 Å². The summed E-state index contributed by atoms with van der Waals surface area (Å²) in [4.78, 5) is 18.4. The van der Waals surface area contributed by atoms with Gasteiger partial charge in [0.1, 0.15) is 0 Å². The lowest BCUT2D eigenvalue weighted by molar-refractivity contribution is 0.0963. The van der Waals surface area contributed by atoms with Crippen LogP contribution in [0.2, 0.25) is 0 Å². The second-order valence-electron chi connectivity index (χ2n) is 7.01. The van der Waals surface area contributed by atoms with Crippen molar-refractivity contribution in [3.05, 3.63) is 35.4 Å². The van der Waals surface area contributed by atoms with Crippen LogP contribution in [0.3, 0.4) is 0 Å². The van der Waals surface area contributed by atoms with Gasteiger partial charge < -0.3 is 20.9 Å². The van der Waals surface area contributed by atoms with E-state index in [1.54, 1.807) is 14.1 Å². The zero-order chi connectivity index (χ0) is 18.8. The molecule has 6 heteroatoms. The van der Waals surface area contributed by atoms with E-state index in [9.17, 15) is 4.79 Å². The lowest BCUT2D eigenvalue weighted by atomic mass is 9.99. The molecule has 0 aromatic heterocycles. The Bertz CT molecular complexity index is 576. The van der Waals surface area contributed by atoms with Crippen LogP contribution in [-0.4, -0.2) is 57.0 Å². The number of guanidine groups is 1. The molecule has 144 valence electrons. The fourth-order valence-corrected chi connectivity index (χ4v) is 3.12. The van der Waals surface area contributed by atoms with Crippen molar-refractivity contribution in [3.63, 3.8) is 0 Å². The van der Waals surface area contributed by atoms with Crippen LogP contribution in [0.5, 0.6) is 0 Å². The molecule has 1 fully saturated rings. The topological polar surface area (TPSA) is 68.8 Å². The lowest BCUT2D eigenvalue weighted by Crippen LogP contribution is -2.39. The van der Waals surface area contributed by atoms with E-state index >= 15 is 0 Å². The highest BCUT2D eigenvalue weighted by molar-refractivity contribution is 5.93. The standard InChI is InChI=1S/C20H33N5O/c1-16-9-13-25(14-10-16)12-4-11-23-20(22-3)24-15-17-5-7-18(8-6-17)19(26)21-2/h5-8,16H,4,9-15H2,1-3H3,(H,21,26)(H2,22,23,24). The molecule has 0 unspecified atom stereocenters. The largest absolute Gasteiger partial charge is 0.356 e. The number of carbonyl (C=O) groups is 1. The monoisotopic (exact) mass is 359 g/mol. The summed E-state index contributed by atoms with van der Waals surface area (Å²) in [5.74, 6) is 1.63. The van der Waals surface area contributed by atoms with Crippen molar-refractivity contribution in [2.45, 2.75) is 32.7 Å². The molecule has 1 aromatic rings. The molecule has 0 radical (unpaired) electrons. The van der Waals surface area contributed by atoms with Gasteiger partial charge in [-0.15, -0.1) is 0 Å². The van der Waals surface area contributed by atoms with Gasteiger partial charge in [-0.25, -0.2) is 0 Å². The number of piperidine rings is 1. The molecule has 1 saturated heterocycles. The number of amides is 1. The van der Waals surface area contributed by atoms with Crippen LogP contribution in [0, 0.1) is 5.92 Å². The molecule has 0 bridgehead atoms. The molecule has 0 spiro atoms. The predicted octanol–water partition coefficient (Wildman–Crippen LogP) is 1.83. The molecule has 3 N–H and O–H groups in total. The summed E-state index contributed by atoms with van der Waals surface area (Å²) >= 11 is 0. The molecule has 6 nitrogen and oxygen atoms in total. The number of rotatable bonds is 7. The second-order valence-corrected chi connectivity index (χ2v) is 7.01. The Balaban J connectivity index is 1.65. The first-order valence-corrected chi connectivity index (χ1v) is 9.60. The van der Waals surface area contributed by atoms with Gasteiger partial charge in [0.25, 0.3) is 5.91 Å². The van der Waals surface area contributed by atoms with Gasteiger partial charge in [-0.3, -0.25) is 9.79 Å². The molecular weight excluding hydrogens is 326 g/mol. The van der Waals surface area contributed by atoms with E-state index in [-0.39, 0.29) is 5.91 Å². The first-order chi connectivity index (χ1) is 12.6. The Morgan fingerprint density at radius 2 is 1.88 bits per heavy atom. The SMILES string of the molecule is CN=C(NCCCN1CCC(C)CC1)NCc1ccc(C(=O)NC)cc1. The van der Waals surface area contributed by atoms with Crippen molar-refractivity contribution in [2.75, 3.05) is 40.3 Å². The highest BCUT2D eigenvalue weighted by Crippen LogP contribution is 2.15. The average Bonchev–Trinajstić information content (AvgIpc) is 2.68. The Labute approximate surface area is 157 Å². The molecule has 2 rings (SSSR count). The smallest absolute Gasteiger partial charge is 0.251 e. The molecule has 0 atom stereocenters. The van der Waals surface area contributed by atoms with Gasteiger partial charge in [0, 0.05) is 32.7 Å². The number of hydrogen-bond donors (Lipinski definition) is 3. The van der Waals surface area contributed by atoms with Crippen LogP contribution in [0.25, 0.3) is 0 Å². The van der Waals surface area contributed by atoms with Gasteiger partial charge >= 0.3 is 0 Å². The summed E-state index contributed by atoms with van der Waals surface area (Å²) in [6.07, 6.45) is 3.78. The first kappa shape index (κ1) is 20.2. The Morgan fingerprint density at radius 3 is 2.50 bits per heavy atom. The third-order valence-electron chi connectivity index (χ3n) is 4.95. The first-order valence-electron chi connectivity index (χ1n) is 9.60. The van der Waals surface area contributed by atoms with E-state index in [1.807, 2.05) is 24.3 Å². The number of hydrogen-bond acceptors (Lipinski definition) is 3.